The van der Waals surface area contributed by atoms with E-state index in [9.17, 15) is 0 Å². The molecule has 2 aromatic rings. The van der Waals surface area contributed by atoms with Crippen molar-refractivity contribution >= 4 is 41.3 Å². The number of nitrogens with zero attached hydrogens (tertiary/aromatic N) is 1. The van der Waals surface area contributed by atoms with Crippen LogP contribution in [0.25, 0.3) is 0 Å². The summed E-state index contributed by atoms with van der Waals surface area (Å²) in [7, 11) is 1.67. The van der Waals surface area contributed by atoms with Gasteiger partial charge in [0.05, 0.1) is 20.3 Å². The molecule has 0 aliphatic carbocycles. The molecule has 1 heterocycles. The Bertz CT molecular complexity index is 678. The summed E-state index contributed by atoms with van der Waals surface area (Å²) in [5.41, 5.74) is 1.25. The van der Waals surface area contributed by atoms with Crippen molar-refractivity contribution in [3.8, 4) is 11.5 Å². The maximum Gasteiger partial charge on any atom is 0.191 e. The Morgan fingerprint density at radius 1 is 1.15 bits per heavy atom. The number of thiophene rings is 1. The largest absolute Gasteiger partial charge is 0.493 e. The summed E-state index contributed by atoms with van der Waals surface area (Å²) in [6.07, 6.45) is 1.99. The van der Waals surface area contributed by atoms with Crippen LogP contribution in [0.1, 0.15) is 30.7 Å². The summed E-state index contributed by atoms with van der Waals surface area (Å²) in [6.45, 7) is 7.12. The number of ether oxygens (including phenoxy) is 2. The molecule has 0 amide bonds. The van der Waals surface area contributed by atoms with E-state index in [1.165, 1.54) is 10.4 Å². The maximum atomic E-state index is 5.64. The van der Waals surface area contributed by atoms with Crippen molar-refractivity contribution in [2.45, 2.75) is 33.2 Å². The highest BCUT2D eigenvalue weighted by Gasteiger charge is 2.05. The number of aryl methyl sites for hydroxylation is 1. The molecule has 2 N–H and O–H groups in total. The highest BCUT2D eigenvalue weighted by atomic mass is 127. The minimum Gasteiger partial charge on any atom is -0.493 e. The molecular formula is C20H30IN3O2S. The Kier molecular flexibility index (Phi) is 11.9. The summed E-state index contributed by atoms with van der Waals surface area (Å²) < 4.78 is 11.0. The molecule has 7 heteroatoms. The smallest absolute Gasteiger partial charge is 0.191 e. The minimum absolute atomic E-state index is 0. The Hall–Kier alpha value is -1.48. The number of rotatable bonds is 10. The van der Waals surface area contributed by atoms with Crippen molar-refractivity contribution < 1.29 is 9.47 Å². The van der Waals surface area contributed by atoms with E-state index in [1.54, 1.807) is 18.4 Å². The van der Waals surface area contributed by atoms with Gasteiger partial charge in [-0.05, 0) is 55.8 Å². The van der Waals surface area contributed by atoms with Gasteiger partial charge in [0, 0.05) is 18.0 Å². The molecule has 0 spiro atoms. The third kappa shape index (κ3) is 8.38. The van der Waals surface area contributed by atoms with Crippen LogP contribution < -0.4 is 20.1 Å². The number of halogens is 1. The normalized spacial score (nSPS) is 10.9. The molecule has 0 fully saturated rings. The van der Waals surface area contributed by atoms with E-state index in [1.807, 2.05) is 13.0 Å². The molecule has 0 atom stereocenters. The molecule has 0 radical (unpaired) electrons. The van der Waals surface area contributed by atoms with Crippen LogP contribution in [-0.4, -0.2) is 32.8 Å². The van der Waals surface area contributed by atoms with Crippen LogP contribution in [0.15, 0.2) is 40.7 Å². The predicted molar refractivity (Wildman–Crippen MR) is 125 cm³/mol. The Morgan fingerprint density at radius 3 is 2.67 bits per heavy atom. The van der Waals surface area contributed by atoms with E-state index in [2.05, 4.69) is 52.2 Å². The molecule has 150 valence electrons. The van der Waals surface area contributed by atoms with E-state index >= 15 is 0 Å². The molecule has 1 aromatic heterocycles. The zero-order valence-corrected chi connectivity index (χ0v) is 19.4. The SMILES string of the molecule is CCNC(=NCc1cccs1)NCCCc1ccc(OC)c(OCC)c1.I. The second-order valence-corrected chi connectivity index (χ2v) is 6.76. The van der Waals surface area contributed by atoms with E-state index in [-0.39, 0.29) is 24.0 Å². The lowest BCUT2D eigenvalue weighted by molar-refractivity contribution is 0.310. The second-order valence-electron chi connectivity index (χ2n) is 5.72. The van der Waals surface area contributed by atoms with Gasteiger partial charge in [-0.3, -0.25) is 0 Å². The van der Waals surface area contributed by atoms with Gasteiger partial charge in [0.25, 0.3) is 0 Å². The Labute approximate surface area is 183 Å². The quantitative estimate of drug-likeness (QED) is 0.218. The average molecular weight is 503 g/mol. The minimum atomic E-state index is 0. The van der Waals surface area contributed by atoms with Crippen LogP contribution in [0, 0.1) is 0 Å². The maximum absolute atomic E-state index is 5.64. The van der Waals surface area contributed by atoms with Crippen LogP contribution >= 0.6 is 35.3 Å². The van der Waals surface area contributed by atoms with E-state index < -0.39 is 0 Å². The predicted octanol–water partition coefficient (Wildman–Crippen LogP) is 4.46. The molecule has 0 aliphatic rings. The van der Waals surface area contributed by atoms with Gasteiger partial charge in [-0.25, -0.2) is 4.99 Å². The third-order valence-electron chi connectivity index (χ3n) is 3.78. The number of nitrogens with one attached hydrogen (secondary N) is 2. The molecular weight excluding hydrogens is 473 g/mol. The number of methoxy groups -OCH3 is 1. The number of aliphatic imine (C=N–C) groups is 1. The topological polar surface area (TPSA) is 54.9 Å². The summed E-state index contributed by atoms with van der Waals surface area (Å²) in [5, 5.41) is 8.77. The first-order valence-corrected chi connectivity index (χ1v) is 9.99. The highest BCUT2D eigenvalue weighted by molar-refractivity contribution is 14.0. The zero-order chi connectivity index (χ0) is 18.6. The number of guanidine groups is 1. The fourth-order valence-electron chi connectivity index (χ4n) is 2.55. The van der Waals surface area contributed by atoms with E-state index in [4.69, 9.17) is 9.47 Å². The summed E-state index contributed by atoms with van der Waals surface area (Å²) in [5.74, 6) is 2.46. The number of hydrogen-bond donors (Lipinski definition) is 2. The fraction of sp³-hybridized carbons (Fsp3) is 0.450. The van der Waals surface area contributed by atoms with Gasteiger partial charge in [0.1, 0.15) is 0 Å². The van der Waals surface area contributed by atoms with Crippen molar-refractivity contribution in [1.29, 1.82) is 0 Å². The van der Waals surface area contributed by atoms with Gasteiger partial charge in [-0.15, -0.1) is 35.3 Å². The number of benzene rings is 1. The first-order chi connectivity index (χ1) is 12.8. The monoisotopic (exact) mass is 503 g/mol. The molecule has 1 aromatic carbocycles. The molecule has 0 bridgehead atoms. The molecule has 0 saturated carbocycles. The molecule has 27 heavy (non-hydrogen) atoms. The van der Waals surface area contributed by atoms with Crippen molar-refractivity contribution in [3.63, 3.8) is 0 Å². The van der Waals surface area contributed by atoms with Crippen molar-refractivity contribution in [2.75, 3.05) is 26.8 Å². The van der Waals surface area contributed by atoms with Crippen molar-refractivity contribution in [3.05, 3.63) is 46.2 Å². The van der Waals surface area contributed by atoms with Crippen molar-refractivity contribution in [1.82, 2.24) is 10.6 Å². The standard InChI is InChI=1S/C20H29N3O2S.HI/c1-4-21-20(23-15-17-9-7-13-26-17)22-12-6-8-16-10-11-18(24-3)19(14-16)25-5-2;/h7,9-11,13-14H,4-6,8,12,15H2,1-3H3,(H2,21,22,23);1H. The van der Waals surface area contributed by atoms with Crippen LogP contribution in [0.3, 0.4) is 0 Å². The molecule has 0 unspecified atom stereocenters. The first kappa shape index (κ1) is 23.6. The van der Waals surface area contributed by atoms with Crippen LogP contribution in [0.2, 0.25) is 0 Å². The average Bonchev–Trinajstić information content (AvgIpc) is 3.17. The van der Waals surface area contributed by atoms with E-state index in [0.717, 1.165) is 43.4 Å². The first-order valence-electron chi connectivity index (χ1n) is 9.11. The summed E-state index contributed by atoms with van der Waals surface area (Å²) in [6, 6.07) is 10.3. The van der Waals surface area contributed by atoms with Gasteiger partial charge < -0.3 is 20.1 Å². The molecule has 5 nitrogen and oxygen atoms in total. The van der Waals surface area contributed by atoms with E-state index in [0.29, 0.717) is 13.2 Å². The Morgan fingerprint density at radius 2 is 2.00 bits per heavy atom. The fourth-order valence-corrected chi connectivity index (χ4v) is 3.17. The highest BCUT2D eigenvalue weighted by Crippen LogP contribution is 2.28. The van der Waals surface area contributed by atoms with Gasteiger partial charge in [-0.1, -0.05) is 12.1 Å². The van der Waals surface area contributed by atoms with Crippen LogP contribution in [0.5, 0.6) is 11.5 Å². The van der Waals surface area contributed by atoms with Gasteiger partial charge in [0.2, 0.25) is 0 Å². The lowest BCUT2D eigenvalue weighted by atomic mass is 10.1. The molecule has 0 aliphatic heterocycles. The molecule has 2 rings (SSSR count). The second kappa shape index (κ2) is 13.7. The lowest BCUT2D eigenvalue weighted by Crippen LogP contribution is -2.37. The van der Waals surface area contributed by atoms with Crippen LogP contribution in [0.4, 0.5) is 0 Å². The summed E-state index contributed by atoms with van der Waals surface area (Å²) >= 11 is 1.73. The molecule has 0 saturated heterocycles. The number of hydrogen-bond acceptors (Lipinski definition) is 4. The van der Waals surface area contributed by atoms with Crippen molar-refractivity contribution in [2.24, 2.45) is 4.99 Å². The Balaban J connectivity index is 0.00000364. The summed E-state index contributed by atoms with van der Waals surface area (Å²) in [4.78, 5) is 5.90. The lowest BCUT2D eigenvalue weighted by Gasteiger charge is -2.12. The zero-order valence-electron chi connectivity index (χ0n) is 16.3. The van der Waals surface area contributed by atoms with Gasteiger partial charge in [0.15, 0.2) is 17.5 Å². The van der Waals surface area contributed by atoms with Crippen LogP contribution in [-0.2, 0) is 13.0 Å². The van der Waals surface area contributed by atoms with Gasteiger partial charge in [-0.2, -0.15) is 0 Å². The third-order valence-corrected chi connectivity index (χ3v) is 4.64. The van der Waals surface area contributed by atoms with Gasteiger partial charge >= 0.3 is 0 Å².